The first kappa shape index (κ1) is 17.3. The molecule has 6 nitrogen and oxygen atoms in total. The smallest absolute Gasteiger partial charge is 0.316 e. The van der Waals surface area contributed by atoms with Gasteiger partial charge in [0.2, 0.25) is 0 Å². The second-order valence-corrected chi connectivity index (χ2v) is 6.70. The number of carbonyl (C=O) groups excluding carboxylic acids is 1. The van der Waals surface area contributed by atoms with Crippen molar-refractivity contribution in [2.75, 3.05) is 31.1 Å². The van der Waals surface area contributed by atoms with E-state index < -0.39 is 0 Å². The third-order valence-corrected chi connectivity index (χ3v) is 5.00. The maximum atomic E-state index is 12.7. The Hall–Kier alpha value is -3.15. The molecule has 1 aliphatic heterocycles. The van der Waals surface area contributed by atoms with E-state index in [1.165, 1.54) is 5.69 Å². The average molecular weight is 362 g/mol. The molecular weight excluding hydrogens is 340 g/mol. The number of hydrogen-bond donors (Lipinski definition) is 0. The number of amides is 1. The second-order valence-electron chi connectivity index (χ2n) is 6.70. The van der Waals surface area contributed by atoms with Crippen molar-refractivity contribution in [3.63, 3.8) is 0 Å². The molecule has 1 fully saturated rings. The minimum Gasteiger partial charge on any atom is -0.368 e. The Balaban J connectivity index is 1.40. The lowest BCUT2D eigenvalue weighted by Crippen LogP contribution is -2.48. The van der Waals surface area contributed by atoms with Gasteiger partial charge in [0, 0.05) is 37.8 Å². The molecule has 0 N–H and O–H groups in total. The first-order valence-corrected chi connectivity index (χ1v) is 9.20. The van der Waals surface area contributed by atoms with Crippen LogP contribution in [-0.4, -0.2) is 47.1 Å². The SMILES string of the molecule is CC(c1ccccc1)c1noc(C(=O)N2CCN(c3ccccc3)CC2)n1. The summed E-state index contributed by atoms with van der Waals surface area (Å²) in [6, 6.07) is 20.2. The fraction of sp³-hybridized carbons (Fsp3) is 0.286. The van der Waals surface area contributed by atoms with Crippen LogP contribution in [0, 0.1) is 0 Å². The maximum absolute atomic E-state index is 12.7. The zero-order chi connectivity index (χ0) is 18.6. The van der Waals surface area contributed by atoms with Crippen molar-refractivity contribution < 1.29 is 9.32 Å². The molecule has 1 aliphatic rings. The highest BCUT2D eigenvalue weighted by molar-refractivity contribution is 5.89. The Labute approximate surface area is 158 Å². The van der Waals surface area contributed by atoms with E-state index >= 15 is 0 Å². The van der Waals surface area contributed by atoms with E-state index in [-0.39, 0.29) is 17.7 Å². The standard InChI is InChI=1S/C21H22N4O2/c1-16(17-8-4-2-5-9-17)19-22-20(27-23-19)21(26)25-14-12-24(13-15-25)18-10-6-3-7-11-18/h2-11,16H,12-15H2,1H3. The first-order chi connectivity index (χ1) is 13.2. The van der Waals surface area contributed by atoms with Crippen molar-refractivity contribution in [2.45, 2.75) is 12.8 Å². The zero-order valence-electron chi connectivity index (χ0n) is 15.3. The molecule has 0 aliphatic carbocycles. The highest BCUT2D eigenvalue weighted by Crippen LogP contribution is 2.22. The van der Waals surface area contributed by atoms with Crippen LogP contribution in [0.3, 0.4) is 0 Å². The number of carbonyl (C=O) groups is 1. The first-order valence-electron chi connectivity index (χ1n) is 9.20. The molecule has 4 rings (SSSR count). The minimum absolute atomic E-state index is 0.0218. The Morgan fingerprint density at radius 3 is 2.26 bits per heavy atom. The van der Waals surface area contributed by atoms with Gasteiger partial charge in [-0.1, -0.05) is 60.6 Å². The van der Waals surface area contributed by atoms with Crippen molar-refractivity contribution in [2.24, 2.45) is 0 Å². The normalized spacial score (nSPS) is 15.6. The van der Waals surface area contributed by atoms with Gasteiger partial charge in [0.25, 0.3) is 0 Å². The lowest BCUT2D eigenvalue weighted by atomic mass is 10.0. The quantitative estimate of drug-likeness (QED) is 0.713. The summed E-state index contributed by atoms with van der Waals surface area (Å²) in [5, 5.41) is 4.03. The molecule has 2 aromatic carbocycles. The molecule has 138 valence electrons. The van der Waals surface area contributed by atoms with Gasteiger partial charge in [-0.05, 0) is 17.7 Å². The Bertz CT molecular complexity index is 887. The predicted molar refractivity (Wildman–Crippen MR) is 103 cm³/mol. The molecule has 1 aromatic heterocycles. The largest absolute Gasteiger partial charge is 0.368 e. The molecular formula is C21H22N4O2. The molecule has 6 heteroatoms. The zero-order valence-corrected chi connectivity index (χ0v) is 15.3. The third kappa shape index (κ3) is 3.69. The molecule has 1 saturated heterocycles. The number of rotatable bonds is 4. The molecule has 0 spiro atoms. The van der Waals surface area contributed by atoms with Gasteiger partial charge >= 0.3 is 11.8 Å². The van der Waals surface area contributed by atoms with Crippen LogP contribution in [0.15, 0.2) is 65.2 Å². The second kappa shape index (κ2) is 7.61. The fourth-order valence-corrected chi connectivity index (χ4v) is 3.33. The summed E-state index contributed by atoms with van der Waals surface area (Å²) in [6.07, 6.45) is 0. The van der Waals surface area contributed by atoms with Gasteiger partial charge in [0.15, 0.2) is 5.82 Å². The van der Waals surface area contributed by atoms with Crippen molar-refractivity contribution in [1.29, 1.82) is 0 Å². The van der Waals surface area contributed by atoms with E-state index in [9.17, 15) is 4.79 Å². The topological polar surface area (TPSA) is 62.5 Å². The van der Waals surface area contributed by atoms with Crippen molar-refractivity contribution in [1.82, 2.24) is 15.0 Å². The molecule has 1 unspecified atom stereocenters. The number of aromatic nitrogens is 2. The van der Waals surface area contributed by atoms with Gasteiger partial charge in [0.05, 0.1) is 0 Å². The van der Waals surface area contributed by atoms with Crippen molar-refractivity contribution in [3.8, 4) is 0 Å². The van der Waals surface area contributed by atoms with Crippen LogP contribution in [0.25, 0.3) is 0 Å². The molecule has 0 saturated carbocycles. The fourth-order valence-electron chi connectivity index (χ4n) is 3.33. The van der Waals surface area contributed by atoms with Gasteiger partial charge in [-0.3, -0.25) is 4.79 Å². The molecule has 27 heavy (non-hydrogen) atoms. The molecule has 0 radical (unpaired) electrons. The number of piperazine rings is 1. The molecule has 3 aromatic rings. The lowest BCUT2D eigenvalue weighted by molar-refractivity contribution is 0.0696. The van der Waals surface area contributed by atoms with Crippen LogP contribution in [0.4, 0.5) is 5.69 Å². The third-order valence-electron chi connectivity index (χ3n) is 5.00. The predicted octanol–water partition coefficient (Wildman–Crippen LogP) is 3.18. The van der Waals surface area contributed by atoms with Crippen molar-refractivity contribution in [3.05, 3.63) is 77.9 Å². The molecule has 1 atom stereocenters. The summed E-state index contributed by atoms with van der Waals surface area (Å²) >= 11 is 0. The number of nitrogens with zero attached hydrogens (tertiary/aromatic N) is 4. The maximum Gasteiger partial charge on any atom is 0.316 e. The van der Waals surface area contributed by atoms with Gasteiger partial charge in [0.1, 0.15) is 0 Å². The van der Waals surface area contributed by atoms with Gasteiger partial charge < -0.3 is 14.3 Å². The van der Waals surface area contributed by atoms with Gasteiger partial charge in [-0.2, -0.15) is 4.98 Å². The number of anilines is 1. The summed E-state index contributed by atoms with van der Waals surface area (Å²) in [5.41, 5.74) is 2.27. The highest BCUT2D eigenvalue weighted by atomic mass is 16.5. The number of hydrogen-bond acceptors (Lipinski definition) is 5. The van der Waals surface area contributed by atoms with E-state index in [1.807, 2.05) is 55.5 Å². The van der Waals surface area contributed by atoms with E-state index in [0.717, 1.165) is 18.7 Å². The lowest BCUT2D eigenvalue weighted by Gasteiger charge is -2.35. The summed E-state index contributed by atoms with van der Waals surface area (Å²) in [4.78, 5) is 21.1. The van der Waals surface area contributed by atoms with Crippen LogP contribution >= 0.6 is 0 Å². The van der Waals surface area contributed by atoms with Crippen LogP contribution in [0.1, 0.15) is 34.9 Å². The van der Waals surface area contributed by atoms with Gasteiger partial charge in [-0.15, -0.1) is 0 Å². The van der Waals surface area contributed by atoms with E-state index in [4.69, 9.17) is 4.52 Å². The molecule has 1 amide bonds. The van der Waals surface area contributed by atoms with Crippen LogP contribution in [0.5, 0.6) is 0 Å². The van der Waals surface area contributed by atoms with Crippen molar-refractivity contribution >= 4 is 11.6 Å². The summed E-state index contributed by atoms with van der Waals surface area (Å²) in [5.74, 6) is 0.390. The summed E-state index contributed by atoms with van der Waals surface area (Å²) in [7, 11) is 0. The minimum atomic E-state index is -0.193. The highest BCUT2D eigenvalue weighted by Gasteiger charge is 2.27. The van der Waals surface area contributed by atoms with Gasteiger partial charge in [-0.25, -0.2) is 0 Å². The Morgan fingerprint density at radius 1 is 0.963 bits per heavy atom. The number of benzene rings is 2. The van der Waals surface area contributed by atoms with E-state index in [0.29, 0.717) is 18.9 Å². The average Bonchev–Trinajstić information content (AvgIpc) is 3.24. The number of para-hydroxylation sites is 1. The van der Waals surface area contributed by atoms with Crippen LogP contribution in [0.2, 0.25) is 0 Å². The van der Waals surface area contributed by atoms with E-state index in [1.54, 1.807) is 4.90 Å². The summed E-state index contributed by atoms with van der Waals surface area (Å²) < 4.78 is 5.27. The molecule has 0 bridgehead atoms. The monoisotopic (exact) mass is 362 g/mol. The van der Waals surface area contributed by atoms with Crippen LogP contribution < -0.4 is 4.90 Å². The summed E-state index contributed by atoms with van der Waals surface area (Å²) in [6.45, 7) is 4.86. The Kier molecular flexibility index (Phi) is 4.87. The van der Waals surface area contributed by atoms with Crippen LogP contribution in [-0.2, 0) is 0 Å². The Morgan fingerprint density at radius 2 is 1.59 bits per heavy atom. The van der Waals surface area contributed by atoms with E-state index in [2.05, 4.69) is 27.2 Å². The molecule has 2 heterocycles.